The molecule has 7 fully saturated rings. The molecule has 2 aliphatic heterocycles. The smallest absolute Gasteiger partial charge is 0.160 e. The van der Waals surface area contributed by atoms with Crippen molar-refractivity contribution >= 4 is 17.3 Å². The lowest BCUT2D eigenvalue weighted by molar-refractivity contribution is -0.243. The van der Waals surface area contributed by atoms with Crippen LogP contribution in [-0.4, -0.2) is 93.4 Å². The van der Waals surface area contributed by atoms with Gasteiger partial charge in [-0.2, -0.15) is 0 Å². The molecule has 0 aromatic heterocycles. The standard InChI is InChI=1S/C76H109N3O8/c1-42(2)17-18-46-33-47-19-20-48(39-80)54-21-22-55(67(84)70-74(8,87-70)56-15-12-14-53(56)49-29-44(28-43(3)4)31-51(77)34-49)65(63(47)54)66-57-23-24-62-73(7)58-16-13-27-75(69(85)64(58)50-30-45(38-78-9)32-52(82)35-50)26-11-10-25-71(5,86)41-79-60(68(73)75)36-76(62,59(46)40-81)72(57,6)37-61(66)83/h13,16,21-22,29-32,34-35,42-43,46-48,53-56,58-60,62-65,67-68,70,78-82,84,86H,10-12,14-15,17-20,23-28,33,36-41,77H2,1-9H3/t46-,47-,48-,53+,54-,55-,56-,58+,59+,60-,62-,63-,64-,65+,67-,68-,70-,71+,72+,73+,74-,75+,76-/m1/s1. The van der Waals surface area contributed by atoms with E-state index in [-0.39, 0.29) is 114 Å². The van der Waals surface area contributed by atoms with Gasteiger partial charge in [-0.3, -0.25) is 9.59 Å². The zero-order chi connectivity index (χ0) is 61.5. The largest absolute Gasteiger partial charge is 0.508 e. The molecule has 0 unspecified atom stereocenters. The fraction of sp³-hybridized carbons (Fsp3) is 0.737. The van der Waals surface area contributed by atoms with E-state index in [1.54, 1.807) is 0 Å². The first-order chi connectivity index (χ1) is 41.5. The predicted octanol–water partition coefficient (Wildman–Crippen LogP) is 12.3. The molecule has 23 atom stereocenters. The van der Waals surface area contributed by atoms with Crippen molar-refractivity contribution in [2.45, 2.75) is 219 Å². The number of rotatable bonds is 14. The SMILES string of the molecule is CNCc1cc(O)cc([C@H]2C(=O)[C@]34CC=C[C@@H]2[C@@]2(C)[C@H]5CCC6=C7C(=O)C[C@]6(C)[C@]5(C[C@@H](NC[C@@](C)(O)CCCC3)[C@@H]42)[C@@H](CO)[C@H](CCC(C)C)C[C@H]2CC[C@H](CO)[C@H]3C=C[C@@H]([C@@H](O)[C@H]4O[C@]4(C)[C@@H]4CCC[C@H]4c4cc(N)cc(CC(C)C)c4)[C@H]7[C@H]23)c1. The molecule has 0 radical (unpaired) electrons. The van der Waals surface area contributed by atoms with Crippen LogP contribution in [0.25, 0.3) is 0 Å². The number of anilines is 1. The third-order valence-corrected chi connectivity index (χ3v) is 27.4. The Labute approximate surface area is 521 Å². The number of hydrogen-bond acceptors (Lipinski definition) is 11. The topological polar surface area (TPSA) is 198 Å². The fourth-order valence-corrected chi connectivity index (χ4v) is 24.2. The van der Waals surface area contributed by atoms with E-state index in [9.17, 15) is 25.5 Å². The van der Waals surface area contributed by atoms with Gasteiger partial charge in [-0.25, -0.2) is 0 Å². The van der Waals surface area contributed by atoms with Gasteiger partial charge in [0.05, 0.1) is 23.2 Å². The molecule has 6 bridgehead atoms. The summed E-state index contributed by atoms with van der Waals surface area (Å²) in [4.78, 5) is 33.1. The molecule has 87 heavy (non-hydrogen) atoms. The van der Waals surface area contributed by atoms with Gasteiger partial charge < -0.3 is 46.6 Å². The number of epoxide rings is 1. The Hall–Kier alpha value is -3.68. The summed E-state index contributed by atoms with van der Waals surface area (Å²) in [5, 5.41) is 69.5. The third kappa shape index (κ3) is 9.76. The molecule has 0 amide bonds. The Balaban J connectivity index is 0.990. The molecular weight excluding hydrogens is 1080 g/mol. The lowest BCUT2D eigenvalue weighted by Crippen LogP contribution is -2.75. The summed E-state index contributed by atoms with van der Waals surface area (Å²) in [5.74, 6) is 0.701. The highest BCUT2D eigenvalue weighted by Crippen LogP contribution is 2.81. The number of β-amino-alcohol motifs (C(OH)–C–C–N with tert-alkyl or cyclic N) is 1. The first-order valence-corrected chi connectivity index (χ1v) is 35.0. The molecule has 476 valence electrons. The third-order valence-electron chi connectivity index (χ3n) is 27.4. The summed E-state index contributed by atoms with van der Waals surface area (Å²) in [6, 6.07) is 12.3. The number of nitrogen functional groups attached to an aromatic ring is 1. The highest BCUT2D eigenvalue weighted by Gasteiger charge is 2.78. The molecular formula is C76H109N3O8. The van der Waals surface area contributed by atoms with Crippen LogP contribution in [0.5, 0.6) is 5.75 Å². The number of carbonyl (C=O) groups excluding carboxylic acids is 2. The lowest BCUT2D eigenvalue weighted by Gasteiger charge is -2.75. The summed E-state index contributed by atoms with van der Waals surface area (Å²) in [5.41, 5.74) is 9.91. The number of aromatic hydroxyl groups is 1. The minimum Gasteiger partial charge on any atom is -0.508 e. The van der Waals surface area contributed by atoms with E-state index in [4.69, 9.17) is 10.5 Å². The zero-order valence-electron chi connectivity index (χ0n) is 54.3. The normalized spacial score (nSPS) is 45.0. The van der Waals surface area contributed by atoms with Crippen molar-refractivity contribution in [2.75, 3.05) is 32.5 Å². The minimum atomic E-state index is -0.977. The Morgan fingerprint density at radius 1 is 0.851 bits per heavy atom. The lowest BCUT2D eigenvalue weighted by atomic mass is 9.29. The van der Waals surface area contributed by atoms with Gasteiger partial charge in [0.1, 0.15) is 17.6 Å². The molecule has 5 saturated carbocycles. The van der Waals surface area contributed by atoms with Crippen molar-refractivity contribution < 1.29 is 39.9 Å². The zero-order valence-corrected chi connectivity index (χ0v) is 54.3. The highest BCUT2D eigenvalue weighted by molar-refractivity contribution is 6.01. The van der Waals surface area contributed by atoms with Crippen LogP contribution in [0.4, 0.5) is 5.69 Å². The monoisotopic (exact) mass is 1190 g/mol. The maximum absolute atomic E-state index is 16.6. The van der Waals surface area contributed by atoms with Gasteiger partial charge in [0, 0.05) is 61.2 Å². The first kappa shape index (κ1) is 62.1. The number of nitrogens with two attached hydrogens (primary N) is 1. The predicted molar refractivity (Wildman–Crippen MR) is 343 cm³/mol. The van der Waals surface area contributed by atoms with Crippen LogP contribution >= 0.6 is 0 Å². The number of aliphatic hydroxyl groups is 4. The minimum absolute atomic E-state index is 0.00463. The van der Waals surface area contributed by atoms with Crippen molar-refractivity contribution in [1.82, 2.24) is 10.6 Å². The van der Waals surface area contributed by atoms with E-state index < -0.39 is 51.0 Å². The number of fused-ring (bicyclic) bond motifs is 3. The number of nitrogens with one attached hydrogen (secondary N) is 2. The molecule has 2 aromatic rings. The van der Waals surface area contributed by atoms with Crippen LogP contribution in [0.3, 0.4) is 0 Å². The van der Waals surface area contributed by atoms with Gasteiger partial charge in [0.2, 0.25) is 0 Å². The number of phenolic OH excluding ortho intramolecular Hbond substituents is 1. The average molecular weight is 1190 g/mol. The molecule has 11 heteroatoms. The van der Waals surface area contributed by atoms with Gasteiger partial charge in [-0.05, 0) is 250 Å². The summed E-state index contributed by atoms with van der Waals surface area (Å²) in [6.07, 6.45) is 23.1. The molecule has 2 spiro atoms. The Morgan fingerprint density at radius 2 is 1.63 bits per heavy atom. The van der Waals surface area contributed by atoms with Crippen LogP contribution in [-0.2, 0) is 27.3 Å². The molecule has 14 rings (SSSR count). The molecule has 12 aliphatic rings. The fourth-order valence-electron chi connectivity index (χ4n) is 24.2. The summed E-state index contributed by atoms with van der Waals surface area (Å²) >= 11 is 0. The second-order valence-corrected chi connectivity index (χ2v) is 33.0. The maximum Gasteiger partial charge on any atom is 0.160 e. The van der Waals surface area contributed by atoms with E-state index in [2.05, 4.69) is 108 Å². The highest BCUT2D eigenvalue weighted by atomic mass is 16.6. The van der Waals surface area contributed by atoms with Crippen LogP contribution in [0.15, 0.2) is 71.8 Å². The second-order valence-electron chi connectivity index (χ2n) is 33.0. The van der Waals surface area contributed by atoms with E-state index in [1.807, 2.05) is 26.1 Å². The van der Waals surface area contributed by atoms with Crippen molar-refractivity contribution in [3.05, 3.63) is 94.1 Å². The molecule has 11 nitrogen and oxygen atoms in total. The second kappa shape index (κ2) is 22.9. The molecule has 2 heterocycles. The molecule has 9 N–H and O–H groups in total. The summed E-state index contributed by atoms with van der Waals surface area (Å²) in [6.45, 7) is 19.4. The van der Waals surface area contributed by atoms with E-state index in [1.165, 1.54) is 16.7 Å². The number of hydrogen-bond donors (Lipinski definition) is 8. The molecule has 10 aliphatic carbocycles. The van der Waals surface area contributed by atoms with E-state index in [0.29, 0.717) is 57.0 Å². The summed E-state index contributed by atoms with van der Waals surface area (Å²) < 4.78 is 7.08. The van der Waals surface area contributed by atoms with Gasteiger partial charge >= 0.3 is 0 Å². The number of carbonyl (C=O) groups is 2. The molecule has 2 aromatic carbocycles. The Bertz CT molecular complexity index is 3060. The molecule has 2 saturated heterocycles. The number of benzene rings is 2. The van der Waals surface area contributed by atoms with Crippen molar-refractivity contribution in [1.29, 1.82) is 0 Å². The van der Waals surface area contributed by atoms with Gasteiger partial charge in [-0.1, -0.05) is 109 Å². The number of ketones is 2. The Morgan fingerprint density at radius 3 is 2.38 bits per heavy atom. The van der Waals surface area contributed by atoms with Crippen molar-refractivity contribution in [2.24, 2.45) is 105 Å². The van der Waals surface area contributed by atoms with E-state index in [0.717, 1.165) is 106 Å². The number of Topliss-reactive ketones (excluding diaryl/α,β-unsaturated/α-hetero) is 2. The number of ether oxygens (including phenoxy) is 1. The van der Waals surface area contributed by atoms with E-state index >= 15 is 9.59 Å². The van der Waals surface area contributed by atoms with Crippen LogP contribution in [0.1, 0.15) is 199 Å². The average Bonchev–Trinajstić information content (AvgIpc) is 1.65. The summed E-state index contributed by atoms with van der Waals surface area (Å²) in [7, 11) is 1.92. The number of allylic oxidation sites excluding steroid dienone is 5. The van der Waals surface area contributed by atoms with Gasteiger partial charge in [0.25, 0.3) is 0 Å². The quantitative estimate of drug-likeness (QED) is 0.0509. The van der Waals surface area contributed by atoms with Crippen molar-refractivity contribution in [3.8, 4) is 5.75 Å². The van der Waals surface area contributed by atoms with Crippen LogP contribution in [0.2, 0.25) is 0 Å². The van der Waals surface area contributed by atoms with Crippen LogP contribution in [0, 0.1) is 105 Å². The van der Waals surface area contributed by atoms with Crippen LogP contribution < -0.4 is 16.4 Å². The Kier molecular flexibility index (Phi) is 16.3. The first-order valence-electron chi connectivity index (χ1n) is 35.0. The van der Waals surface area contributed by atoms with Gasteiger partial charge in [0.15, 0.2) is 5.78 Å². The number of phenols is 1. The maximum atomic E-state index is 16.6. The van der Waals surface area contributed by atoms with Gasteiger partial charge in [-0.15, -0.1) is 0 Å². The van der Waals surface area contributed by atoms with Crippen molar-refractivity contribution in [3.63, 3.8) is 0 Å². The number of aliphatic hydroxyl groups excluding tert-OH is 3.